The Morgan fingerprint density at radius 1 is 1.42 bits per heavy atom. The molecule has 0 aliphatic rings. The fraction of sp³-hybridized carbons (Fsp3) is 0.667. The second-order valence-corrected chi connectivity index (χ2v) is 16.1. The standard InChI is InChI=1S/C9H19AsO2/c1-8(9(11)12)6-5-7-10(2,3)4/h6,10H,5,7H2,1-4H3,(H,11,12). The molecule has 0 spiro atoms. The van der Waals surface area contributed by atoms with Crippen molar-refractivity contribution in [1.82, 2.24) is 0 Å². The monoisotopic (exact) mass is 234 g/mol. The van der Waals surface area contributed by atoms with Gasteiger partial charge >= 0.3 is 76.8 Å². The molecule has 3 heteroatoms. The van der Waals surface area contributed by atoms with E-state index >= 15 is 0 Å². The molecule has 0 bridgehead atoms. The van der Waals surface area contributed by atoms with E-state index in [2.05, 4.69) is 17.1 Å². The Bertz CT molecular complexity index is 189. The Hall–Kier alpha value is -0.232. The summed E-state index contributed by atoms with van der Waals surface area (Å²) in [6, 6.07) is 0. The first-order valence-electron chi connectivity index (χ1n) is 4.23. The maximum atomic E-state index is 10.4. The molecule has 0 fully saturated rings. The van der Waals surface area contributed by atoms with Crippen LogP contribution in [0.3, 0.4) is 0 Å². The molecule has 1 N–H and O–H groups in total. The summed E-state index contributed by atoms with van der Waals surface area (Å²) in [6.45, 7) is 1.65. The van der Waals surface area contributed by atoms with Crippen molar-refractivity contribution in [3.05, 3.63) is 11.6 Å². The van der Waals surface area contributed by atoms with Crippen LogP contribution in [0.4, 0.5) is 0 Å². The fourth-order valence-electron chi connectivity index (χ4n) is 0.809. The Morgan fingerprint density at radius 3 is 2.25 bits per heavy atom. The van der Waals surface area contributed by atoms with Gasteiger partial charge < -0.3 is 0 Å². The molecule has 2 nitrogen and oxygen atoms in total. The van der Waals surface area contributed by atoms with Gasteiger partial charge in [0.1, 0.15) is 0 Å². The van der Waals surface area contributed by atoms with Gasteiger partial charge in [-0.15, -0.1) is 0 Å². The predicted molar refractivity (Wildman–Crippen MR) is 55.6 cm³/mol. The third-order valence-electron chi connectivity index (χ3n) is 1.68. The van der Waals surface area contributed by atoms with E-state index in [0.29, 0.717) is 5.57 Å². The van der Waals surface area contributed by atoms with Crippen molar-refractivity contribution in [2.24, 2.45) is 0 Å². The quantitative estimate of drug-likeness (QED) is 0.599. The zero-order valence-corrected chi connectivity index (χ0v) is 10.4. The van der Waals surface area contributed by atoms with Crippen LogP contribution in [-0.4, -0.2) is 24.6 Å². The molecular formula is C9H19AsO2. The van der Waals surface area contributed by atoms with E-state index in [1.54, 1.807) is 6.92 Å². The molecule has 0 atom stereocenters. The summed E-state index contributed by atoms with van der Waals surface area (Å²) in [5, 5.41) is 9.77. The van der Waals surface area contributed by atoms with Crippen molar-refractivity contribution in [2.45, 2.75) is 35.7 Å². The van der Waals surface area contributed by atoms with E-state index in [9.17, 15) is 4.79 Å². The normalized spacial score (nSPS) is 14.5. The van der Waals surface area contributed by atoms with E-state index in [1.807, 2.05) is 6.08 Å². The van der Waals surface area contributed by atoms with Crippen molar-refractivity contribution >= 4 is 19.5 Å². The molecule has 0 aromatic carbocycles. The van der Waals surface area contributed by atoms with Crippen LogP contribution < -0.4 is 0 Å². The zero-order valence-electron chi connectivity index (χ0n) is 8.35. The molecule has 0 unspecified atom stereocenters. The van der Waals surface area contributed by atoms with E-state index in [0.717, 1.165) is 6.42 Å². The number of carboxylic acid groups (broad SMARTS) is 1. The van der Waals surface area contributed by atoms with Crippen LogP contribution in [0.1, 0.15) is 13.3 Å². The number of allylic oxidation sites excluding steroid dienone is 1. The summed E-state index contributed by atoms with van der Waals surface area (Å²) in [4.78, 5) is 10.4. The number of hydrogen-bond acceptors (Lipinski definition) is 1. The molecule has 0 rings (SSSR count). The molecule has 0 saturated carbocycles. The van der Waals surface area contributed by atoms with Gasteiger partial charge in [0.15, 0.2) is 0 Å². The van der Waals surface area contributed by atoms with Crippen LogP contribution in [-0.2, 0) is 4.79 Å². The minimum atomic E-state index is -1.45. The molecule has 12 heavy (non-hydrogen) atoms. The molecule has 0 heterocycles. The van der Waals surface area contributed by atoms with Crippen molar-refractivity contribution in [3.63, 3.8) is 0 Å². The summed E-state index contributed by atoms with van der Waals surface area (Å²) in [6.07, 6.45) is 2.76. The van der Waals surface area contributed by atoms with Gasteiger partial charge in [-0.3, -0.25) is 0 Å². The SMILES string of the molecule is CC(=CCC[AsH](C)(C)C)C(=O)O. The predicted octanol–water partition coefficient (Wildman–Crippen LogP) is 2.48. The van der Waals surface area contributed by atoms with Crippen LogP contribution >= 0.6 is 0 Å². The molecule has 0 aliphatic carbocycles. The van der Waals surface area contributed by atoms with Gasteiger partial charge in [0.25, 0.3) is 0 Å². The summed E-state index contributed by atoms with van der Waals surface area (Å²) in [5.41, 5.74) is 7.49. The summed E-state index contributed by atoms with van der Waals surface area (Å²) < 4.78 is 0. The second kappa shape index (κ2) is 4.71. The first-order valence-corrected chi connectivity index (χ1v) is 12.0. The molecule has 0 radical (unpaired) electrons. The molecular weight excluding hydrogens is 215 g/mol. The summed E-state index contributed by atoms with van der Waals surface area (Å²) in [7, 11) is 0. The van der Waals surface area contributed by atoms with Gasteiger partial charge in [0.2, 0.25) is 0 Å². The van der Waals surface area contributed by atoms with Gasteiger partial charge in [0, 0.05) is 0 Å². The molecule has 0 amide bonds. The molecule has 0 aliphatic heterocycles. The van der Waals surface area contributed by atoms with E-state index in [1.165, 1.54) is 5.21 Å². The average Bonchev–Trinajstić information content (AvgIpc) is 1.84. The number of aliphatic carboxylic acids is 1. The second-order valence-electron chi connectivity index (χ2n) is 4.29. The minimum absolute atomic E-state index is 0.474. The summed E-state index contributed by atoms with van der Waals surface area (Å²) >= 11 is -1.45. The third-order valence-corrected chi connectivity index (χ3v) is 5.43. The Morgan fingerprint density at radius 2 is 1.92 bits per heavy atom. The average molecular weight is 234 g/mol. The van der Waals surface area contributed by atoms with E-state index in [4.69, 9.17) is 5.11 Å². The first-order chi connectivity index (χ1) is 5.33. The van der Waals surface area contributed by atoms with Gasteiger partial charge in [-0.05, 0) is 0 Å². The number of rotatable bonds is 4. The third kappa shape index (κ3) is 6.48. The Labute approximate surface area is 77.1 Å². The van der Waals surface area contributed by atoms with Crippen LogP contribution in [0, 0.1) is 0 Å². The van der Waals surface area contributed by atoms with Crippen LogP contribution in [0.2, 0.25) is 22.3 Å². The Balaban J connectivity index is 3.83. The first kappa shape index (κ1) is 11.8. The van der Waals surface area contributed by atoms with Crippen LogP contribution in [0.15, 0.2) is 11.6 Å². The van der Waals surface area contributed by atoms with Gasteiger partial charge in [-0.1, -0.05) is 0 Å². The molecule has 0 aromatic heterocycles. The fourth-order valence-corrected chi connectivity index (χ4v) is 2.93. The van der Waals surface area contributed by atoms with Crippen molar-refractivity contribution in [3.8, 4) is 0 Å². The number of carbonyl (C=O) groups is 1. The van der Waals surface area contributed by atoms with Gasteiger partial charge in [-0.25, -0.2) is 0 Å². The summed E-state index contributed by atoms with van der Waals surface area (Å²) in [5.74, 6) is -0.795. The van der Waals surface area contributed by atoms with Gasteiger partial charge in [0.05, 0.1) is 0 Å². The van der Waals surface area contributed by atoms with Crippen molar-refractivity contribution < 1.29 is 9.90 Å². The van der Waals surface area contributed by atoms with E-state index in [-0.39, 0.29) is 0 Å². The molecule has 72 valence electrons. The zero-order chi connectivity index (χ0) is 9.78. The van der Waals surface area contributed by atoms with Crippen LogP contribution in [0.5, 0.6) is 0 Å². The molecule has 0 saturated heterocycles. The van der Waals surface area contributed by atoms with Crippen LogP contribution in [0.25, 0.3) is 0 Å². The molecule has 0 aromatic rings. The van der Waals surface area contributed by atoms with E-state index < -0.39 is 19.5 Å². The van der Waals surface area contributed by atoms with Gasteiger partial charge in [-0.2, -0.15) is 0 Å². The van der Waals surface area contributed by atoms with Crippen molar-refractivity contribution in [1.29, 1.82) is 0 Å². The maximum absolute atomic E-state index is 10.4. The van der Waals surface area contributed by atoms with Crippen molar-refractivity contribution in [2.75, 3.05) is 0 Å². The number of carboxylic acids is 1. The number of hydrogen-bond donors (Lipinski definition) is 1. The topological polar surface area (TPSA) is 37.3 Å². The Kier molecular flexibility index (Phi) is 4.62.